The number of benzene rings is 1. The maximum absolute atomic E-state index is 13.0. The van der Waals surface area contributed by atoms with Crippen LogP contribution in [0.25, 0.3) is 0 Å². The Hall–Kier alpha value is -1.36. The van der Waals surface area contributed by atoms with Gasteiger partial charge in [-0.2, -0.15) is 5.10 Å². The van der Waals surface area contributed by atoms with E-state index >= 15 is 0 Å². The highest BCUT2D eigenvalue weighted by Gasteiger charge is 2.01. The van der Waals surface area contributed by atoms with Gasteiger partial charge in [0.25, 0.3) is 0 Å². The van der Waals surface area contributed by atoms with Crippen molar-refractivity contribution in [2.75, 3.05) is 11.9 Å². The molecule has 0 aliphatic heterocycles. The van der Waals surface area contributed by atoms with E-state index in [9.17, 15) is 4.39 Å². The largest absolute Gasteiger partial charge is 0.384 e. The Morgan fingerprint density at radius 2 is 2.29 bits per heavy atom. The molecule has 90 valence electrons. The Bertz CT molecular complexity index is 510. The molecule has 5 heteroatoms. The minimum Gasteiger partial charge on any atom is -0.384 e. The van der Waals surface area contributed by atoms with Gasteiger partial charge in [-0.3, -0.25) is 4.68 Å². The zero-order valence-corrected chi connectivity index (χ0v) is 11.0. The highest BCUT2D eigenvalue weighted by molar-refractivity contribution is 9.10. The van der Waals surface area contributed by atoms with Gasteiger partial charge in [-0.1, -0.05) is 0 Å². The molecule has 0 saturated heterocycles. The molecule has 0 atom stereocenters. The molecule has 1 heterocycles. The first-order valence-corrected chi connectivity index (χ1v) is 6.11. The van der Waals surface area contributed by atoms with Crippen LogP contribution in [0.4, 0.5) is 10.1 Å². The molecule has 3 nitrogen and oxygen atoms in total. The van der Waals surface area contributed by atoms with Gasteiger partial charge in [-0.25, -0.2) is 4.39 Å². The van der Waals surface area contributed by atoms with Crippen LogP contribution in [-0.2, 0) is 13.5 Å². The standard InChI is InChI=1S/C12H13BrFN3/c1-17-8-9(7-16-17)4-5-15-12-6-10(14)2-3-11(12)13/h2-3,6-8,15H,4-5H2,1H3. The number of hydrogen-bond donors (Lipinski definition) is 1. The Morgan fingerprint density at radius 1 is 1.47 bits per heavy atom. The number of anilines is 1. The molecule has 0 spiro atoms. The molecule has 0 unspecified atom stereocenters. The summed E-state index contributed by atoms with van der Waals surface area (Å²) in [5.41, 5.74) is 1.93. The quantitative estimate of drug-likeness (QED) is 0.940. The number of nitrogens with zero attached hydrogens (tertiary/aromatic N) is 2. The first-order valence-electron chi connectivity index (χ1n) is 5.31. The normalized spacial score (nSPS) is 10.5. The van der Waals surface area contributed by atoms with Crippen molar-refractivity contribution in [2.24, 2.45) is 7.05 Å². The van der Waals surface area contributed by atoms with Gasteiger partial charge in [-0.05, 0) is 46.1 Å². The number of aromatic nitrogens is 2. The Morgan fingerprint density at radius 3 is 3.00 bits per heavy atom. The third-order valence-corrected chi connectivity index (χ3v) is 3.11. The Kier molecular flexibility index (Phi) is 3.78. The summed E-state index contributed by atoms with van der Waals surface area (Å²) in [6, 6.07) is 4.60. The number of hydrogen-bond acceptors (Lipinski definition) is 2. The highest BCUT2D eigenvalue weighted by atomic mass is 79.9. The topological polar surface area (TPSA) is 29.9 Å². The van der Waals surface area contributed by atoms with Gasteiger partial charge in [0.05, 0.1) is 11.9 Å². The van der Waals surface area contributed by atoms with E-state index in [0.29, 0.717) is 0 Å². The monoisotopic (exact) mass is 297 g/mol. The van der Waals surface area contributed by atoms with Crippen molar-refractivity contribution in [1.82, 2.24) is 9.78 Å². The molecule has 2 aromatic rings. The summed E-state index contributed by atoms with van der Waals surface area (Å²) in [4.78, 5) is 0. The van der Waals surface area contributed by atoms with E-state index in [1.165, 1.54) is 12.1 Å². The maximum Gasteiger partial charge on any atom is 0.125 e. The number of rotatable bonds is 4. The molecule has 0 aliphatic carbocycles. The summed E-state index contributed by atoms with van der Waals surface area (Å²) in [6.07, 6.45) is 4.67. The van der Waals surface area contributed by atoms with E-state index in [0.717, 1.165) is 28.7 Å². The number of aryl methyl sites for hydroxylation is 1. The fraction of sp³-hybridized carbons (Fsp3) is 0.250. The molecule has 17 heavy (non-hydrogen) atoms. The Balaban J connectivity index is 1.91. The summed E-state index contributed by atoms with van der Waals surface area (Å²) >= 11 is 3.38. The molecule has 0 bridgehead atoms. The van der Waals surface area contributed by atoms with Gasteiger partial charge in [0.1, 0.15) is 5.82 Å². The molecule has 0 fully saturated rings. The lowest BCUT2D eigenvalue weighted by atomic mass is 10.2. The van der Waals surface area contributed by atoms with E-state index in [-0.39, 0.29) is 5.82 Å². The third kappa shape index (κ3) is 3.30. The van der Waals surface area contributed by atoms with E-state index in [2.05, 4.69) is 26.3 Å². The summed E-state index contributed by atoms with van der Waals surface area (Å²) in [6.45, 7) is 0.744. The van der Waals surface area contributed by atoms with Gasteiger partial charge in [0, 0.05) is 24.3 Å². The van der Waals surface area contributed by atoms with Gasteiger partial charge < -0.3 is 5.32 Å². The van der Waals surface area contributed by atoms with Gasteiger partial charge >= 0.3 is 0 Å². The molecule has 0 amide bonds. The molecule has 1 aromatic carbocycles. The van der Waals surface area contributed by atoms with Gasteiger partial charge in [0.2, 0.25) is 0 Å². The van der Waals surface area contributed by atoms with Crippen LogP contribution in [-0.4, -0.2) is 16.3 Å². The summed E-state index contributed by atoms with van der Waals surface area (Å²) in [5.74, 6) is -0.239. The van der Waals surface area contributed by atoms with Crippen molar-refractivity contribution < 1.29 is 4.39 Å². The summed E-state index contributed by atoms with van der Waals surface area (Å²) < 4.78 is 15.7. The van der Waals surface area contributed by atoms with E-state index < -0.39 is 0 Å². The van der Waals surface area contributed by atoms with E-state index in [1.54, 1.807) is 10.7 Å². The van der Waals surface area contributed by atoms with Gasteiger partial charge in [-0.15, -0.1) is 0 Å². The molecule has 1 N–H and O–H groups in total. The molecule has 0 radical (unpaired) electrons. The first kappa shape index (κ1) is 12.1. The van der Waals surface area contributed by atoms with Crippen LogP contribution < -0.4 is 5.32 Å². The molecule has 2 rings (SSSR count). The zero-order valence-electron chi connectivity index (χ0n) is 9.45. The van der Waals surface area contributed by atoms with E-state index in [1.807, 2.05) is 19.4 Å². The SMILES string of the molecule is Cn1cc(CCNc2cc(F)ccc2Br)cn1. The van der Waals surface area contributed by atoms with Crippen molar-refractivity contribution in [1.29, 1.82) is 0 Å². The van der Waals surface area contributed by atoms with Crippen molar-refractivity contribution in [3.63, 3.8) is 0 Å². The summed E-state index contributed by atoms with van der Waals surface area (Å²) in [7, 11) is 1.89. The predicted molar refractivity (Wildman–Crippen MR) is 69.5 cm³/mol. The fourth-order valence-electron chi connectivity index (χ4n) is 1.58. The van der Waals surface area contributed by atoms with Gasteiger partial charge in [0.15, 0.2) is 0 Å². The van der Waals surface area contributed by atoms with Crippen LogP contribution in [0, 0.1) is 5.82 Å². The minimum atomic E-state index is -0.239. The Labute approximate surface area is 108 Å². The van der Waals surface area contributed by atoms with Crippen LogP contribution in [0.3, 0.4) is 0 Å². The second-order valence-corrected chi connectivity index (χ2v) is 4.68. The highest BCUT2D eigenvalue weighted by Crippen LogP contribution is 2.22. The number of nitrogens with one attached hydrogen (secondary N) is 1. The minimum absolute atomic E-state index is 0.239. The lowest BCUT2D eigenvalue weighted by Gasteiger charge is -2.07. The molecular formula is C12H13BrFN3. The van der Waals surface area contributed by atoms with Crippen LogP contribution >= 0.6 is 15.9 Å². The number of halogens is 2. The zero-order chi connectivity index (χ0) is 12.3. The van der Waals surface area contributed by atoms with E-state index in [4.69, 9.17) is 0 Å². The second-order valence-electron chi connectivity index (χ2n) is 3.82. The maximum atomic E-state index is 13.0. The van der Waals surface area contributed by atoms with Crippen molar-refractivity contribution in [3.05, 3.63) is 46.4 Å². The van der Waals surface area contributed by atoms with Crippen molar-refractivity contribution >= 4 is 21.6 Å². The molecule has 0 saturated carbocycles. The lowest BCUT2D eigenvalue weighted by molar-refractivity contribution is 0.628. The molecular weight excluding hydrogens is 285 g/mol. The smallest absolute Gasteiger partial charge is 0.125 e. The predicted octanol–water partition coefficient (Wildman–Crippen LogP) is 2.98. The fourth-order valence-corrected chi connectivity index (χ4v) is 1.96. The van der Waals surface area contributed by atoms with Crippen molar-refractivity contribution in [2.45, 2.75) is 6.42 Å². The molecule has 0 aliphatic rings. The third-order valence-electron chi connectivity index (χ3n) is 2.42. The summed E-state index contributed by atoms with van der Waals surface area (Å²) in [5, 5.41) is 7.28. The first-order chi connectivity index (χ1) is 8.15. The molecule has 1 aromatic heterocycles. The van der Waals surface area contributed by atoms with Crippen LogP contribution in [0.15, 0.2) is 35.1 Å². The van der Waals surface area contributed by atoms with Crippen LogP contribution in [0.5, 0.6) is 0 Å². The van der Waals surface area contributed by atoms with Crippen LogP contribution in [0.2, 0.25) is 0 Å². The average molecular weight is 298 g/mol. The average Bonchev–Trinajstić information content (AvgIpc) is 2.69. The van der Waals surface area contributed by atoms with Crippen LogP contribution in [0.1, 0.15) is 5.56 Å². The van der Waals surface area contributed by atoms with Crippen molar-refractivity contribution in [3.8, 4) is 0 Å². The second kappa shape index (κ2) is 5.31. The lowest BCUT2D eigenvalue weighted by Crippen LogP contribution is -2.05.